The van der Waals surface area contributed by atoms with Crippen molar-refractivity contribution in [3.8, 4) is 0 Å². The Kier molecular flexibility index (Phi) is 7.67. The number of hydrogen-bond acceptors (Lipinski definition) is 5. The van der Waals surface area contributed by atoms with E-state index >= 15 is 0 Å². The van der Waals surface area contributed by atoms with Gasteiger partial charge in [0.2, 0.25) is 12.1 Å². The third-order valence-electron chi connectivity index (χ3n) is 6.00. The van der Waals surface area contributed by atoms with Crippen LogP contribution in [0.5, 0.6) is 0 Å². The highest BCUT2D eigenvalue weighted by Crippen LogP contribution is 2.41. The van der Waals surface area contributed by atoms with Crippen molar-refractivity contribution in [2.45, 2.75) is 46.4 Å². The summed E-state index contributed by atoms with van der Waals surface area (Å²) < 4.78 is 5.36. The van der Waals surface area contributed by atoms with Crippen LogP contribution in [0.4, 0.5) is 21.9 Å². The van der Waals surface area contributed by atoms with Crippen molar-refractivity contribution in [3.63, 3.8) is 0 Å². The molecule has 8 heteroatoms. The summed E-state index contributed by atoms with van der Waals surface area (Å²) in [6, 6.07) is 22.2. The Bertz CT molecular complexity index is 1350. The smallest absolute Gasteiger partial charge is 0.409 e. The van der Waals surface area contributed by atoms with Gasteiger partial charge < -0.3 is 10.1 Å². The molecule has 0 saturated carbocycles. The fourth-order valence-corrected chi connectivity index (χ4v) is 4.30. The molecule has 0 aromatic heterocycles. The fourth-order valence-electron chi connectivity index (χ4n) is 4.30. The van der Waals surface area contributed by atoms with Crippen molar-refractivity contribution >= 4 is 40.7 Å². The molecular weight excluding hydrogens is 468 g/mol. The maximum atomic E-state index is 14.1. The summed E-state index contributed by atoms with van der Waals surface area (Å²) in [5.41, 5.74) is 4.65. The third-order valence-corrected chi connectivity index (χ3v) is 6.00. The zero-order chi connectivity index (χ0) is 26.5. The lowest BCUT2D eigenvalue weighted by molar-refractivity contribution is -0.119. The molecule has 3 aromatic rings. The van der Waals surface area contributed by atoms with E-state index < -0.39 is 18.2 Å². The van der Waals surface area contributed by atoms with E-state index in [0.29, 0.717) is 22.8 Å². The molecule has 0 bridgehead atoms. The molecule has 190 valence electrons. The van der Waals surface area contributed by atoms with Crippen LogP contribution in [0.25, 0.3) is 0 Å². The SMILES string of the molecule is CC(=O)Nc1cccc(C(C)C)c1N1C(=O)C(NC(=O)OCc2ccccc2)N=C(C)c2ccccc21. The number of carbonyl (C=O) groups is 3. The van der Waals surface area contributed by atoms with E-state index in [2.05, 4.69) is 15.6 Å². The van der Waals surface area contributed by atoms with Gasteiger partial charge in [0.15, 0.2) is 0 Å². The molecule has 3 amide bonds. The zero-order valence-electron chi connectivity index (χ0n) is 21.3. The largest absolute Gasteiger partial charge is 0.445 e. The fraction of sp³-hybridized carbons (Fsp3) is 0.241. The summed E-state index contributed by atoms with van der Waals surface area (Å²) in [4.78, 5) is 45.0. The molecule has 37 heavy (non-hydrogen) atoms. The van der Waals surface area contributed by atoms with Crippen LogP contribution in [0.1, 0.15) is 50.3 Å². The number of alkyl carbamates (subject to hydrolysis) is 1. The number of amides is 3. The van der Waals surface area contributed by atoms with E-state index in [0.717, 1.165) is 16.7 Å². The number of fused-ring (bicyclic) bond motifs is 1. The minimum atomic E-state index is -1.24. The molecule has 0 spiro atoms. The lowest BCUT2D eigenvalue weighted by Gasteiger charge is -2.30. The normalized spacial score (nSPS) is 14.9. The molecule has 1 heterocycles. The first kappa shape index (κ1) is 25.6. The molecule has 1 aliphatic heterocycles. The van der Waals surface area contributed by atoms with E-state index in [1.54, 1.807) is 13.0 Å². The molecule has 8 nitrogen and oxygen atoms in total. The first-order chi connectivity index (χ1) is 17.8. The van der Waals surface area contributed by atoms with Crippen LogP contribution < -0.4 is 15.5 Å². The topological polar surface area (TPSA) is 100 Å². The molecule has 3 aromatic carbocycles. The van der Waals surface area contributed by atoms with Crippen molar-refractivity contribution in [2.24, 2.45) is 4.99 Å². The van der Waals surface area contributed by atoms with Crippen molar-refractivity contribution in [1.29, 1.82) is 0 Å². The number of carbonyl (C=O) groups excluding carboxylic acids is 3. The third kappa shape index (κ3) is 5.69. The Morgan fingerprint density at radius 3 is 2.41 bits per heavy atom. The van der Waals surface area contributed by atoms with Crippen LogP contribution in [0.3, 0.4) is 0 Å². The van der Waals surface area contributed by atoms with E-state index in [9.17, 15) is 14.4 Å². The molecule has 0 saturated heterocycles. The van der Waals surface area contributed by atoms with Gasteiger partial charge >= 0.3 is 6.09 Å². The Balaban J connectivity index is 1.76. The van der Waals surface area contributed by atoms with Gasteiger partial charge in [0.25, 0.3) is 5.91 Å². The summed E-state index contributed by atoms with van der Waals surface area (Å²) in [6.45, 7) is 7.31. The van der Waals surface area contributed by atoms with Gasteiger partial charge in [-0.15, -0.1) is 0 Å². The highest BCUT2D eigenvalue weighted by Gasteiger charge is 2.35. The first-order valence-electron chi connectivity index (χ1n) is 12.1. The second-order valence-electron chi connectivity index (χ2n) is 9.09. The van der Waals surface area contributed by atoms with E-state index in [-0.39, 0.29) is 18.4 Å². The van der Waals surface area contributed by atoms with Crippen molar-refractivity contribution in [3.05, 3.63) is 89.5 Å². The van der Waals surface area contributed by atoms with Gasteiger partial charge in [0, 0.05) is 18.2 Å². The van der Waals surface area contributed by atoms with Crippen LogP contribution in [0, 0.1) is 0 Å². The average Bonchev–Trinajstić information content (AvgIpc) is 2.97. The number of aliphatic imine (C=N–C) groups is 1. The number of benzodiazepines with no additional fused rings is 1. The number of rotatable bonds is 6. The lowest BCUT2D eigenvalue weighted by Crippen LogP contribution is -2.46. The summed E-state index contributed by atoms with van der Waals surface area (Å²) in [6.07, 6.45) is -2.00. The van der Waals surface area contributed by atoms with Crippen LogP contribution >= 0.6 is 0 Å². The number of para-hydroxylation sites is 2. The molecule has 0 fully saturated rings. The molecule has 0 aliphatic carbocycles. The summed E-state index contributed by atoms with van der Waals surface area (Å²) >= 11 is 0. The highest BCUT2D eigenvalue weighted by molar-refractivity contribution is 6.17. The van der Waals surface area contributed by atoms with Gasteiger partial charge in [-0.1, -0.05) is 74.5 Å². The van der Waals surface area contributed by atoms with Crippen LogP contribution in [-0.2, 0) is 20.9 Å². The van der Waals surface area contributed by atoms with Crippen LogP contribution in [0.15, 0.2) is 77.8 Å². The standard InChI is InChI=1S/C29H30N4O4/c1-18(2)22-14-10-15-24(31-20(4)34)26(22)33-25-16-9-8-13-23(25)19(3)30-27(28(33)35)32-29(36)37-17-21-11-6-5-7-12-21/h5-16,18,27H,17H2,1-4H3,(H,31,34)(H,32,36). The molecular formula is C29H30N4O4. The number of ether oxygens (including phenoxy) is 1. The zero-order valence-corrected chi connectivity index (χ0v) is 21.3. The van der Waals surface area contributed by atoms with E-state index in [4.69, 9.17) is 4.74 Å². The summed E-state index contributed by atoms with van der Waals surface area (Å²) in [5.74, 6) is -0.693. The maximum absolute atomic E-state index is 14.1. The van der Waals surface area contributed by atoms with Gasteiger partial charge in [0.1, 0.15) is 6.61 Å². The number of benzene rings is 3. The number of anilines is 3. The monoisotopic (exact) mass is 498 g/mol. The quantitative estimate of drug-likeness (QED) is 0.468. The molecule has 4 rings (SSSR count). The lowest BCUT2D eigenvalue weighted by atomic mass is 9.97. The Hall–Kier alpha value is -4.46. The summed E-state index contributed by atoms with van der Waals surface area (Å²) in [7, 11) is 0. The molecule has 0 radical (unpaired) electrons. The Morgan fingerprint density at radius 1 is 1.00 bits per heavy atom. The predicted octanol–water partition coefficient (Wildman–Crippen LogP) is 5.51. The minimum Gasteiger partial charge on any atom is -0.445 e. The van der Waals surface area contributed by atoms with Crippen LogP contribution in [-0.4, -0.2) is 29.8 Å². The highest BCUT2D eigenvalue weighted by atomic mass is 16.5. The molecule has 1 unspecified atom stereocenters. The minimum absolute atomic E-state index is 0.0381. The number of nitrogens with zero attached hydrogens (tertiary/aromatic N) is 2. The second-order valence-corrected chi connectivity index (χ2v) is 9.09. The maximum Gasteiger partial charge on any atom is 0.409 e. The van der Waals surface area contributed by atoms with E-state index in [1.807, 2.05) is 80.6 Å². The Morgan fingerprint density at radius 2 is 1.70 bits per heavy atom. The van der Waals surface area contributed by atoms with Crippen molar-refractivity contribution < 1.29 is 19.1 Å². The molecule has 1 aliphatic rings. The van der Waals surface area contributed by atoms with Crippen LogP contribution in [0.2, 0.25) is 0 Å². The predicted molar refractivity (Wildman–Crippen MR) is 144 cm³/mol. The average molecular weight is 499 g/mol. The summed E-state index contributed by atoms with van der Waals surface area (Å²) in [5, 5.41) is 5.49. The molecule has 1 atom stereocenters. The van der Waals surface area contributed by atoms with Gasteiger partial charge in [-0.25, -0.2) is 4.79 Å². The second kappa shape index (κ2) is 11.1. The van der Waals surface area contributed by atoms with Crippen molar-refractivity contribution in [2.75, 3.05) is 10.2 Å². The van der Waals surface area contributed by atoms with Gasteiger partial charge in [-0.05, 0) is 36.1 Å². The first-order valence-corrected chi connectivity index (χ1v) is 12.1. The molecule has 2 N–H and O–H groups in total. The Labute approximate surface area is 216 Å². The van der Waals surface area contributed by atoms with Gasteiger partial charge in [-0.3, -0.25) is 24.8 Å². The number of hydrogen-bond donors (Lipinski definition) is 2. The van der Waals surface area contributed by atoms with Gasteiger partial charge in [0.05, 0.1) is 17.1 Å². The van der Waals surface area contributed by atoms with E-state index in [1.165, 1.54) is 11.8 Å². The van der Waals surface area contributed by atoms with Gasteiger partial charge in [-0.2, -0.15) is 0 Å². The van der Waals surface area contributed by atoms with Crippen molar-refractivity contribution in [1.82, 2.24) is 5.32 Å². The number of nitrogens with one attached hydrogen (secondary N) is 2.